The number of nitrogens with two attached hydrogens (primary N) is 1. The first kappa shape index (κ1) is 18.0. The van der Waals surface area contributed by atoms with Gasteiger partial charge in [0.2, 0.25) is 5.95 Å². The Morgan fingerprint density at radius 2 is 2.00 bits per heavy atom. The molecule has 0 aliphatic rings. The summed E-state index contributed by atoms with van der Waals surface area (Å²) in [4.78, 5) is 19.7. The molecular formula is C22H21N7O. The summed E-state index contributed by atoms with van der Waals surface area (Å²) in [5, 5.41) is 4.41. The first-order valence-electron chi connectivity index (χ1n) is 9.66. The Morgan fingerprint density at radius 1 is 1.07 bits per heavy atom. The molecule has 3 heterocycles. The number of fused-ring (bicyclic) bond motifs is 2. The Morgan fingerprint density at radius 3 is 2.87 bits per heavy atom. The van der Waals surface area contributed by atoms with Gasteiger partial charge in [0.25, 0.3) is 0 Å². The highest BCUT2D eigenvalue weighted by atomic mass is 16.5. The molecule has 0 aliphatic heterocycles. The number of aromatic amines is 2. The fourth-order valence-corrected chi connectivity index (χ4v) is 3.67. The lowest BCUT2D eigenvalue weighted by Crippen LogP contribution is -2.09. The maximum absolute atomic E-state index is 6.24. The van der Waals surface area contributed by atoms with Crippen LogP contribution >= 0.6 is 0 Å². The van der Waals surface area contributed by atoms with Gasteiger partial charge in [-0.2, -0.15) is 4.98 Å². The minimum atomic E-state index is 0.417. The number of nitrogens with one attached hydrogen (secondary N) is 3. The van der Waals surface area contributed by atoms with Gasteiger partial charge in [0.1, 0.15) is 11.6 Å². The number of ether oxygens (including phenoxy) is 1. The number of imidazole rings is 1. The first-order valence-corrected chi connectivity index (χ1v) is 9.66. The number of benzene rings is 2. The molecule has 30 heavy (non-hydrogen) atoms. The Labute approximate surface area is 172 Å². The van der Waals surface area contributed by atoms with E-state index in [-0.39, 0.29) is 0 Å². The predicted octanol–water partition coefficient (Wildman–Crippen LogP) is 3.75. The minimum absolute atomic E-state index is 0.417. The molecule has 0 bridgehead atoms. The summed E-state index contributed by atoms with van der Waals surface area (Å²) in [7, 11) is 1.67. The Hall–Kier alpha value is -4.07. The topological polar surface area (TPSA) is 118 Å². The van der Waals surface area contributed by atoms with E-state index in [1.165, 1.54) is 5.56 Å². The highest BCUT2D eigenvalue weighted by molar-refractivity contribution is 5.94. The average molecular weight is 399 g/mol. The van der Waals surface area contributed by atoms with Gasteiger partial charge in [-0.05, 0) is 36.2 Å². The molecule has 0 saturated carbocycles. The van der Waals surface area contributed by atoms with E-state index < -0.39 is 0 Å². The maximum atomic E-state index is 6.24. The lowest BCUT2D eigenvalue weighted by atomic mass is 10.1. The van der Waals surface area contributed by atoms with Gasteiger partial charge in [0.05, 0.1) is 24.5 Å². The monoisotopic (exact) mass is 399 g/mol. The van der Waals surface area contributed by atoms with Crippen molar-refractivity contribution in [2.75, 3.05) is 24.7 Å². The van der Waals surface area contributed by atoms with Crippen LogP contribution in [0.2, 0.25) is 0 Å². The number of aromatic nitrogens is 5. The van der Waals surface area contributed by atoms with Crippen molar-refractivity contribution < 1.29 is 4.74 Å². The van der Waals surface area contributed by atoms with Crippen LogP contribution in [-0.2, 0) is 6.42 Å². The minimum Gasteiger partial charge on any atom is -0.497 e. The molecule has 0 spiro atoms. The quantitative estimate of drug-likeness (QED) is 0.345. The van der Waals surface area contributed by atoms with Crippen molar-refractivity contribution in [1.82, 2.24) is 24.9 Å². The zero-order valence-electron chi connectivity index (χ0n) is 16.4. The molecule has 2 aromatic carbocycles. The Kier molecular flexibility index (Phi) is 4.44. The maximum Gasteiger partial charge on any atom is 0.224 e. The molecule has 0 atom stereocenters. The van der Waals surface area contributed by atoms with Crippen LogP contribution in [0.3, 0.4) is 0 Å². The molecule has 5 N–H and O–H groups in total. The van der Waals surface area contributed by atoms with Crippen molar-refractivity contribution in [3.05, 3.63) is 60.7 Å². The van der Waals surface area contributed by atoms with Crippen molar-refractivity contribution in [3.8, 4) is 16.9 Å². The summed E-state index contributed by atoms with van der Waals surface area (Å²) >= 11 is 0. The van der Waals surface area contributed by atoms with E-state index in [4.69, 9.17) is 10.5 Å². The van der Waals surface area contributed by atoms with Crippen LogP contribution in [0.15, 0.2) is 55.1 Å². The Bertz CT molecular complexity index is 1340. The summed E-state index contributed by atoms with van der Waals surface area (Å²) in [5.74, 6) is 1.76. The molecule has 5 aromatic rings. The lowest BCUT2D eigenvalue weighted by molar-refractivity contribution is 0.415. The van der Waals surface area contributed by atoms with Gasteiger partial charge in [0, 0.05) is 41.0 Å². The zero-order valence-corrected chi connectivity index (χ0v) is 16.4. The SMILES string of the molecule is COc1ccc2[nH]cc(CCNc3ncc(-c4cccc5[nH]cnc45)c(N)n3)c2c1. The number of H-pyrrole nitrogens is 2. The summed E-state index contributed by atoms with van der Waals surface area (Å²) < 4.78 is 5.33. The van der Waals surface area contributed by atoms with Crippen LogP contribution in [0.5, 0.6) is 5.75 Å². The summed E-state index contributed by atoms with van der Waals surface area (Å²) in [6, 6.07) is 11.9. The lowest BCUT2D eigenvalue weighted by Gasteiger charge is -2.09. The second-order valence-electron chi connectivity index (χ2n) is 7.00. The van der Waals surface area contributed by atoms with Gasteiger partial charge in [0.15, 0.2) is 0 Å². The van der Waals surface area contributed by atoms with E-state index in [2.05, 4.69) is 30.2 Å². The third-order valence-electron chi connectivity index (χ3n) is 5.21. The van der Waals surface area contributed by atoms with Gasteiger partial charge in [-0.1, -0.05) is 12.1 Å². The summed E-state index contributed by atoms with van der Waals surface area (Å²) in [6.45, 7) is 0.678. The summed E-state index contributed by atoms with van der Waals surface area (Å²) in [5.41, 5.74) is 12.0. The van der Waals surface area contributed by atoms with E-state index in [0.29, 0.717) is 18.3 Å². The van der Waals surface area contributed by atoms with E-state index in [1.54, 1.807) is 19.6 Å². The molecule has 0 saturated heterocycles. The van der Waals surface area contributed by atoms with Gasteiger partial charge in [-0.15, -0.1) is 0 Å². The van der Waals surface area contributed by atoms with Gasteiger partial charge in [-0.25, -0.2) is 9.97 Å². The predicted molar refractivity (Wildman–Crippen MR) is 119 cm³/mol. The molecule has 8 nitrogen and oxygen atoms in total. The third-order valence-corrected chi connectivity index (χ3v) is 5.21. The van der Waals surface area contributed by atoms with Crippen LogP contribution in [0.1, 0.15) is 5.56 Å². The molecular weight excluding hydrogens is 378 g/mol. The fraction of sp³-hybridized carbons (Fsp3) is 0.136. The number of methoxy groups -OCH3 is 1. The molecule has 0 unspecified atom stereocenters. The highest BCUT2D eigenvalue weighted by Gasteiger charge is 2.12. The third kappa shape index (κ3) is 3.18. The number of nitrogen functional groups attached to an aromatic ring is 1. The normalized spacial score (nSPS) is 11.2. The number of anilines is 2. The molecule has 8 heteroatoms. The van der Waals surface area contributed by atoms with Gasteiger partial charge >= 0.3 is 0 Å². The van der Waals surface area contributed by atoms with Crippen LogP contribution in [0, 0.1) is 0 Å². The molecule has 150 valence electrons. The van der Waals surface area contributed by atoms with Gasteiger partial charge in [-0.3, -0.25) is 0 Å². The molecule has 5 rings (SSSR count). The smallest absolute Gasteiger partial charge is 0.224 e. The van der Waals surface area contributed by atoms with Gasteiger partial charge < -0.3 is 25.8 Å². The second-order valence-corrected chi connectivity index (χ2v) is 7.00. The van der Waals surface area contributed by atoms with Crippen molar-refractivity contribution in [2.45, 2.75) is 6.42 Å². The average Bonchev–Trinajstić information content (AvgIpc) is 3.40. The standard InChI is InChI=1S/C22H21N7O/c1-30-14-5-6-18-16(9-14)13(10-25-18)7-8-24-22-26-11-17(21(23)29-22)15-3-2-4-19-20(15)28-12-27-19/h2-6,9-12,25H,7-8H2,1H3,(H,27,28)(H3,23,24,26,29). The van der Waals surface area contributed by atoms with Crippen molar-refractivity contribution in [1.29, 1.82) is 0 Å². The van der Waals surface area contributed by atoms with Crippen LogP contribution < -0.4 is 15.8 Å². The largest absolute Gasteiger partial charge is 0.497 e. The molecule has 0 fully saturated rings. The molecule has 0 amide bonds. The Balaban J connectivity index is 1.32. The zero-order chi connectivity index (χ0) is 20.5. The molecule has 0 radical (unpaired) electrons. The first-order chi connectivity index (χ1) is 14.7. The number of rotatable bonds is 6. The van der Waals surface area contributed by atoms with E-state index in [9.17, 15) is 0 Å². The van der Waals surface area contributed by atoms with E-state index >= 15 is 0 Å². The van der Waals surface area contributed by atoms with Crippen LogP contribution in [0.25, 0.3) is 33.1 Å². The molecule has 0 aliphatic carbocycles. The number of nitrogens with zero attached hydrogens (tertiary/aromatic N) is 3. The number of hydrogen-bond acceptors (Lipinski definition) is 6. The molecule has 3 aromatic heterocycles. The van der Waals surface area contributed by atoms with Crippen LogP contribution in [0.4, 0.5) is 11.8 Å². The van der Waals surface area contributed by atoms with Crippen molar-refractivity contribution in [3.63, 3.8) is 0 Å². The van der Waals surface area contributed by atoms with E-state index in [1.807, 2.05) is 42.6 Å². The summed E-state index contributed by atoms with van der Waals surface area (Å²) in [6.07, 6.45) is 6.24. The fourth-order valence-electron chi connectivity index (χ4n) is 3.67. The second kappa shape index (κ2) is 7.40. The number of para-hydroxylation sites is 1. The van der Waals surface area contributed by atoms with E-state index in [0.717, 1.165) is 45.2 Å². The van der Waals surface area contributed by atoms with Crippen LogP contribution in [-0.4, -0.2) is 38.6 Å². The van der Waals surface area contributed by atoms with Crippen molar-refractivity contribution in [2.24, 2.45) is 0 Å². The highest BCUT2D eigenvalue weighted by Crippen LogP contribution is 2.30. The van der Waals surface area contributed by atoms with Crippen molar-refractivity contribution >= 4 is 33.7 Å². The number of hydrogen-bond donors (Lipinski definition) is 4.